The monoisotopic (exact) mass is 342 g/mol. The summed E-state index contributed by atoms with van der Waals surface area (Å²) in [5.74, 6) is 0. The van der Waals surface area contributed by atoms with Crippen molar-refractivity contribution in [2.24, 2.45) is 0 Å². The fourth-order valence-electron chi connectivity index (χ4n) is 1.68. The molecule has 0 aromatic heterocycles. The largest absolute Gasteiger partial charge is 0.399 e. The van der Waals surface area contributed by atoms with E-state index in [0.717, 1.165) is 6.07 Å². The van der Waals surface area contributed by atoms with Crippen LogP contribution >= 0.6 is 0 Å². The quantitative estimate of drug-likeness (QED) is 0.411. The van der Waals surface area contributed by atoms with E-state index in [0.29, 0.717) is 6.07 Å². The first-order valence-corrected chi connectivity index (χ1v) is 7.75. The second-order valence-corrected chi connectivity index (χ2v) is 6.66. The van der Waals surface area contributed by atoms with E-state index >= 15 is 0 Å². The van der Waals surface area contributed by atoms with Crippen molar-refractivity contribution in [3.05, 3.63) is 30.3 Å². The van der Waals surface area contributed by atoms with E-state index in [2.05, 4.69) is 0 Å². The summed E-state index contributed by atoms with van der Waals surface area (Å²) >= 11 is 0. The molecule has 7 nitrogen and oxygen atoms in total. The molecule has 0 bridgehead atoms. The third-order valence-electron chi connectivity index (χ3n) is 2.49. The summed E-state index contributed by atoms with van der Waals surface area (Å²) in [4.78, 5) is -1.26. The van der Waals surface area contributed by atoms with Crippen molar-refractivity contribution in [3.63, 3.8) is 0 Å². The van der Waals surface area contributed by atoms with Crippen LogP contribution in [0.4, 0.5) is 5.69 Å². The topological polar surface area (TPSA) is 135 Å². The molecule has 0 saturated heterocycles. The fraction of sp³-hybridized carbons (Fsp3) is 0. The number of benzene rings is 2. The fourth-order valence-corrected chi connectivity index (χ4v) is 3.03. The first kappa shape index (κ1) is 18.0. The Morgan fingerprint density at radius 1 is 0.900 bits per heavy atom. The summed E-state index contributed by atoms with van der Waals surface area (Å²) in [6.45, 7) is 0. The average molecular weight is 342 g/mol. The van der Waals surface area contributed by atoms with Gasteiger partial charge in [0.1, 0.15) is 4.90 Å². The number of fused-ring (bicyclic) bond motifs is 1. The third-order valence-corrected chi connectivity index (χ3v) is 4.21. The number of nitrogen functional groups attached to an aromatic ring is 1. The Balaban J connectivity index is 0.00000200. The van der Waals surface area contributed by atoms with Crippen LogP contribution in [0.2, 0.25) is 0 Å². The van der Waals surface area contributed by atoms with Crippen LogP contribution in [-0.2, 0) is 20.2 Å². The molecule has 10 heteroatoms. The molecule has 2 rings (SSSR count). The third kappa shape index (κ3) is 3.78. The maximum absolute atomic E-state index is 11.3. The van der Waals surface area contributed by atoms with Crippen molar-refractivity contribution in [2.45, 2.75) is 9.79 Å². The molecule has 0 fully saturated rings. The predicted molar refractivity (Wildman–Crippen MR) is 73.7 cm³/mol. The van der Waals surface area contributed by atoms with Crippen molar-refractivity contribution >= 4 is 88.1 Å². The second kappa shape index (κ2) is 5.99. The normalized spacial score (nSPS) is 12.1. The zero-order valence-electron chi connectivity index (χ0n) is 10.3. The van der Waals surface area contributed by atoms with Crippen molar-refractivity contribution in [1.29, 1.82) is 0 Å². The summed E-state index contributed by atoms with van der Waals surface area (Å²) in [5.41, 5.74) is 5.76. The predicted octanol–water partition coefficient (Wildman–Crippen LogP) is 0.535. The molecule has 0 amide bonds. The van der Waals surface area contributed by atoms with Crippen LogP contribution < -0.4 is 5.73 Å². The van der Waals surface area contributed by atoms with E-state index in [4.69, 9.17) is 14.8 Å². The molecular formula is C10H9KNO6S2. The minimum absolute atomic E-state index is 0. The summed E-state index contributed by atoms with van der Waals surface area (Å²) in [5, 5.41) is 0.270. The summed E-state index contributed by atoms with van der Waals surface area (Å²) in [7, 11) is -9.25. The van der Waals surface area contributed by atoms with Crippen LogP contribution in [0.25, 0.3) is 10.8 Å². The molecule has 1 radical (unpaired) electrons. The van der Waals surface area contributed by atoms with E-state index in [-0.39, 0.29) is 67.8 Å². The number of nitrogens with two attached hydrogens (primary N) is 1. The Labute approximate surface area is 158 Å². The number of hydrogen-bond acceptors (Lipinski definition) is 5. The average Bonchev–Trinajstić information content (AvgIpc) is 2.24. The molecule has 0 aliphatic carbocycles. The van der Waals surface area contributed by atoms with E-state index in [1.165, 1.54) is 18.2 Å². The molecule has 103 valence electrons. The van der Waals surface area contributed by atoms with Crippen molar-refractivity contribution in [2.75, 3.05) is 5.73 Å². The van der Waals surface area contributed by atoms with Gasteiger partial charge in [0.25, 0.3) is 20.2 Å². The van der Waals surface area contributed by atoms with Crippen molar-refractivity contribution in [3.8, 4) is 0 Å². The number of rotatable bonds is 2. The standard InChI is InChI=1S/C10H9NO6S2.K/c11-7-2-1-6-3-8(18(12,13)14)5-10(9(6)4-7)19(15,16)17;/h1-5H,11H2,(H,12,13,14)(H,15,16,17);. The molecular weight excluding hydrogens is 333 g/mol. The van der Waals surface area contributed by atoms with Gasteiger partial charge in [0.15, 0.2) is 0 Å². The minimum Gasteiger partial charge on any atom is -0.399 e. The maximum atomic E-state index is 11.3. The van der Waals surface area contributed by atoms with Gasteiger partial charge in [0.05, 0.1) is 4.90 Å². The first-order chi connectivity index (χ1) is 8.59. The van der Waals surface area contributed by atoms with Gasteiger partial charge in [0.2, 0.25) is 0 Å². The Hall–Kier alpha value is -0.0436. The van der Waals surface area contributed by atoms with E-state index < -0.39 is 30.0 Å². The Morgan fingerprint density at radius 3 is 2.00 bits per heavy atom. The zero-order valence-corrected chi connectivity index (χ0v) is 15.1. The van der Waals surface area contributed by atoms with Crippen molar-refractivity contribution in [1.82, 2.24) is 0 Å². The Kier molecular flexibility index (Phi) is 5.39. The van der Waals surface area contributed by atoms with Crippen molar-refractivity contribution < 1.29 is 25.9 Å². The molecule has 2 aromatic rings. The Bertz CT molecular complexity index is 876. The smallest absolute Gasteiger partial charge is 0.295 e. The van der Waals surface area contributed by atoms with Crippen LogP contribution in [0.5, 0.6) is 0 Å². The molecule has 20 heavy (non-hydrogen) atoms. The van der Waals surface area contributed by atoms with Gasteiger partial charge in [-0.25, -0.2) is 0 Å². The molecule has 0 atom stereocenters. The number of hydrogen-bond donors (Lipinski definition) is 3. The molecule has 2 aromatic carbocycles. The van der Waals surface area contributed by atoms with Crippen LogP contribution in [0.15, 0.2) is 40.1 Å². The van der Waals surface area contributed by atoms with Crippen LogP contribution in [0.1, 0.15) is 0 Å². The van der Waals surface area contributed by atoms with Crippen LogP contribution in [0.3, 0.4) is 0 Å². The first-order valence-electron chi connectivity index (χ1n) is 4.87. The molecule has 0 heterocycles. The van der Waals surface area contributed by atoms with Gasteiger partial charge in [-0.05, 0) is 29.7 Å². The van der Waals surface area contributed by atoms with Gasteiger partial charge >= 0.3 is 0 Å². The molecule has 0 unspecified atom stereocenters. The van der Waals surface area contributed by atoms with Gasteiger partial charge in [-0.3, -0.25) is 9.11 Å². The van der Waals surface area contributed by atoms with Gasteiger partial charge < -0.3 is 5.73 Å². The molecule has 4 N–H and O–H groups in total. The molecule has 0 aliphatic rings. The summed E-state index contributed by atoms with van der Waals surface area (Å²) in [6, 6.07) is 5.86. The van der Waals surface area contributed by atoms with Gasteiger partial charge in [-0.1, -0.05) is 6.07 Å². The second-order valence-electron chi connectivity index (χ2n) is 3.85. The molecule has 0 spiro atoms. The minimum atomic E-state index is -4.66. The van der Waals surface area contributed by atoms with Gasteiger partial charge in [-0.2, -0.15) is 16.8 Å². The Morgan fingerprint density at radius 2 is 1.50 bits per heavy atom. The molecule has 0 aliphatic heterocycles. The molecule has 0 saturated carbocycles. The summed E-state index contributed by atoms with van der Waals surface area (Å²) < 4.78 is 62.8. The van der Waals surface area contributed by atoms with E-state index in [1.54, 1.807) is 0 Å². The maximum Gasteiger partial charge on any atom is 0.295 e. The van der Waals surface area contributed by atoms with E-state index in [1.807, 2.05) is 0 Å². The number of anilines is 1. The van der Waals surface area contributed by atoms with Gasteiger partial charge in [0, 0.05) is 62.5 Å². The SMILES string of the molecule is Nc1ccc2cc(S(=O)(=O)O)cc(S(=O)(=O)O)c2c1.[K]. The van der Waals surface area contributed by atoms with E-state index in [9.17, 15) is 16.8 Å². The summed E-state index contributed by atoms with van der Waals surface area (Å²) in [6.07, 6.45) is 0. The zero-order chi connectivity index (χ0) is 14.4. The van der Waals surface area contributed by atoms with Crippen LogP contribution in [0, 0.1) is 0 Å². The van der Waals surface area contributed by atoms with Crippen LogP contribution in [-0.4, -0.2) is 77.3 Å². The van der Waals surface area contributed by atoms with Gasteiger partial charge in [-0.15, -0.1) is 0 Å².